The van der Waals surface area contributed by atoms with Gasteiger partial charge in [-0.15, -0.1) is 0 Å². The van der Waals surface area contributed by atoms with Crippen LogP contribution in [0.1, 0.15) is 0 Å². The van der Waals surface area contributed by atoms with Crippen LogP contribution in [0.3, 0.4) is 0 Å². The van der Waals surface area contributed by atoms with Crippen molar-refractivity contribution in [3.05, 3.63) is 244 Å². The molecule has 0 bridgehead atoms. The number of nitrogens with zero attached hydrogens (tertiary/aromatic N) is 1. The number of rotatable bonds is 9. The minimum absolute atomic E-state index is 0.230. The van der Waals surface area contributed by atoms with E-state index >= 15 is 35.1 Å². The highest BCUT2D eigenvalue weighted by Gasteiger charge is 2.43. The summed E-state index contributed by atoms with van der Waals surface area (Å²) < 4.78 is 298. The second-order valence-corrected chi connectivity index (χ2v) is 18.3. The molecule has 0 atom stereocenters. The first-order chi connectivity index (χ1) is 38.6. The van der Waals surface area contributed by atoms with Gasteiger partial charge in [-0.2, -0.15) is 0 Å². The van der Waals surface area contributed by atoms with Gasteiger partial charge in [-0.25, -0.2) is 87.8 Å². The van der Waals surface area contributed by atoms with Crippen LogP contribution in [0.4, 0.5) is 105 Å². The van der Waals surface area contributed by atoms with Crippen molar-refractivity contribution < 1.29 is 87.8 Å². The molecule has 1 heterocycles. The van der Waals surface area contributed by atoms with Gasteiger partial charge in [0, 0.05) is 38.5 Å². The first kappa shape index (κ1) is 54.0. The summed E-state index contributed by atoms with van der Waals surface area (Å²) >= 11 is 0. The first-order valence-corrected chi connectivity index (χ1v) is 23.4. The predicted octanol–water partition coefficient (Wildman–Crippen LogP) is 13.4. The van der Waals surface area contributed by atoms with Crippen LogP contribution in [-0.2, 0) is 0 Å². The Morgan fingerprint density at radius 2 is 0.580 bits per heavy atom. The van der Waals surface area contributed by atoms with Gasteiger partial charge in [-0.3, -0.25) is 0 Å². The zero-order valence-corrected chi connectivity index (χ0v) is 39.8. The molecular formula is C58H21B2F20N. The summed E-state index contributed by atoms with van der Waals surface area (Å²) in [6.45, 7) is -5.64. The molecule has 11 rings (SSSR count). The fourth-order valence-corrected chi connectivity index (χ4v) is 10.3. The molecule has 0 saturated carbocycles. The van der Waals surface area contributed by atoms with E-state index in [1.807, 2.05) is 4.90 Å². The van der Waals surface area contributed by atoms with Crippen LogP contribution >= 0.6 is 0 Å². The number of fused-ring (bicyclic) bond motifs is 2. The van der Waals surface area contributed by atoms with E-state index in [4.69, 9.17) is 0 Å². The maximum Gasteiger partial charge on any atom is 0.257 e. The van der Waals surface area contributed by atoms with Crippen LogP contribution in [-0.4, -0.2) is 13.4 Å². The lowest BCUT2D eigenvalue weighted by Crippen LogP contribution is -2.58. The van der Waals surface area contributed by atoms with Gasteiger partial charge in [0.05, 0.1) is 11.4 Å². The summed E-state index contributed by atoms with van der Waals surface area (Å²) in [5, 5.41) is 1.07. The summed E-state index contributed by atoms with van der Waals surface area (Å²) in [5.74, 6) is -52.1. The van der Waals surface area contributed by atoms with Gasteiger partial charge >= 0.3 is 0 Å². The molecule has 0 aromatic heterocycles. The lowest BCUT2D eigenvalue weighted by molar-refractivity contribution is 0.382. The van der Waals surface area contributed by atoms with Gasteiger partial charge < -0.3 is 4.90 Å². The van der Waals surface area contributed by atoms with Gasteiger partial charge in [0.2, 0.25) is 0 Å². The Labute approximate surface area is 442 Å². The van der Waals surface area contributed by atoms with Gasteiger partial charge in [0.15, 0.2) is 116 Å². The highest BCUT2D eigenvalue weighted by atomic mass is 19.2. The minimum Gasteiger partial charge on any atom is -0.309 e. The van der Waals surface area contributed by atoms with E-state index in [-0.39, 0.29) is 11.1 Å². The van der Waals surface area contributed by atoms with Crippen LogP contribution in [0, 0.1) is 116 Å². The van der Waals surface area contributed by atoms with Crippen molar-refractivity contribution in [2.45, 2.75) is 0 Å². The van der Waals surface area contributed by atoms with E-state index in [1.165, 1.54) is 24.3 Å². The summed E-state index contributed by atoms with van der Waals surface area (Å²) in [7, 11) is 0. The SMILES string of the molecule is Fc1c(F)c(F)c(B(c2ccc(-c3ccc4c(c3)N(c3ccccc3)c3cccc5c(-c6ccc(B(c7c(F)c(F)c(F)c(F)c7F)c7c(F)c(F)c(F)c(F)c7F)cc6)ccc-4c35)cc2)c2c(F)c(F)c(F)c(F)c2F)c(F)c1F. The van der Waals surface area contributed by atoms with Crippen LogP contribution < -0.4 is 37.7 Å². The number of hydrogen-bond acceptors (Lipinski definition) is 1. The minimum atomic E-state index is -2.82. The largest absolute Gasteiger partial charge is 0.309 e. The van der Waals surface area contributed by atoms with E-state index < -0.39 is 163 Å². The maximum atomic E-state index is 15.5. The van der Waals surface area contributed by atoms with Crippen molar-refractivity contribution in [2.75, 3.05) is 4.90 Å². The number of hydrogen-bond donors (Lipinski definition) is 0. The average molecular weight is 1130 g/mol. The quantitative estimate of drug-likeness (QED) is 0.0603. The molecule has 10 aromatic rings. The molecule has 10 aromatic carbocycles. The second-order valence-electron chi connectivity index (χ2n) is 18.3. The molecule has 404 valence electrons. The van der Waals surface area contributed by atoms with E-state index in [1.54, 1.807) is 78.9 Å². The molecule has 0 aliphatic carbocycles. The van der Waals surface area contributed by atoms with E-state index in [0.717, 1.165) is 24.3 Å². The van der Waals surface area contributed by atoms with Crippen molar-refractivity contribution in [1.29, 1.82) is 0 Å². The van der Waals surface area contributed by atoms with Gasteiger partial charge in [-0.05, 0) is 57.5 Å². The molecule has 0 N–H and O–H groups in total. The molecule has 0 unspecified atom stereocenters. The van der Waals surface area contributed by atoms with Gasteiger partial charge in [0.1, 0.15) is 0 Å². The highest BCUT2D eigenvalue weighted by molar-refractivity contribution is 6.96. The Bertz CT molecular complexity index is 4060. The van der Waals surface area contributed by atoms with Crippen molar-refractivity contribution in [3.8, 4) is 33.4 Å². The van der Waals surface area contributed by atoms with Crippen LogP contribution in [0.15, 0.2) is 127 Å². The topological polar surface area (TPSA) is 3.24 Å². The Kier molecular flexibility index (Phi) is 13.3. The Hall–Kier alpha value is -9.01. The van der Waals surface area contributed by atoms with E-state index in [2.05, 4.69) is 0 Å². The van der Waals surface area contributed by atoms with Crippen LogP contribution in [0.2, 0.25) is 0 Å². The number of benzene rings is 10. The molecule has 0 saturated heterocycles. The van der Waals surface area contributed by atoms with E-state index in [0.29, 0.717) is 50.1 Å². The molecule has 1 nitrogen and oxygen atoms in total. The lowest BCUT2D eigenvalue weighted by Gasteiger charge is -2.34. The molecule has 0 radical (unpaired) electrons. The van der Waals surface area contributed by atoms with Crippen LogP contribution in [0.5, 0.6) is 0 Å². The first-order valence-electron chi connectivity index (χ1n) is 23.4. The standard InChI is InChI=1S/C58H21B2F20N/c61-39-35(40(62)48(70)55(77)47(39)69)59(36-41(63)49(71)56(78)50(72)42(36)64)25-14-9-22(10-15-25)24-13-18-29-31-20-19-28(30-7-4-8-32(34(30)31)81(33(29)21-24)27-5-2-1-3-6-27)23-11-16-26(17-12-23)60(37-43(65)51(73)57(79)52(74)44(37)66)38-45(67)53(75)58(80)54(76)46(38)68/h1-21H. The summed E-state index contributed by atoms with van der Waals surface area (Å²) in [5.41, 5.74) is -5.14. The van der Waals surface area contributed by atoms with Gasteiger partial charge in [0.25, 0.3) is 13.4 Å². The fraction of sp³-hybridized carbons (Fsp3) is 0. The second kappa shape index (κ2) is 20.0. The monoisotopic (exact) mass is 1130 g/mol. The van der Waals surface area contributed by atoms with Crippen molar-refractivity contribution >= 4 is 74.0 Å². The normalized spacial score (nSPS) is 11.9. The molecule has 0 amide bonds. The highest BCUT2D eigenvalue weighted by Crippen LogP contribution is 2.53. The number of halogens is 20. The third-order valence-corrected chi connectivity index (χ3v) is 14.1. The Balaban J connectivity index is 1.03. The van der Waals surface area contributed by atoms with Crippen molar-refractivity contribution in [2.24, 2.45) is 0 Å². The number of anilines is 3. The molecule has 0 fully saturated rings. The lowest BCUT2D eigenvalue weighted by atomic mass is 9.36. The third-order valence-electron chi connectivity index (χ3n) is 14.1. The molecule has 1 aliphatic rings. The molecule has 81 heavy (non-hydrogen) atoms. The van der Waals surface area contributed by atoms with Gasteiger partial charge in [-0.1, -0.05) is 114 Å². The summed E-state index contributed by atoms with van der Waals surface area (Å²) in [6.07, 6.45) is 0. The summed E-state index contributed by atoms with van der Waals surface area (Å²) in [6, 6.07) is 30.4. The third kappa shape index (κ3) is 8.20. The number of para-hydroxylation sites is 1. The zero-order chi connectivity index (χ0) is 57.9. The van der Waals surface area contributed by atoms with E-state index in [9.17, 15) is 52.7 Å². The molecule has 1 aliphatic heterocycles. The molecule has 23 heteroatoms. The fourth-order valence-electron chi connectivity index (χ4n) is 10.3. The summed E-state index contributed by atoms with van der Waals surface area (Å²) in [4.78, 5) is 1.82. The predicted molar refractivity (Wildman–Crippen MR) is 263 cm³/mol. The smallest absolute Gasteiger partial charge is 0.257 e. The van der Waals surface area contributed by atoms with Crippen molar-refractivity contribution in [1.82, 2.24) is 0 Å². The van der Waals surface area contributed by atoms with Crippen LogP contribution in [0.25, 0.3) is 44.2 Å². The molecule has 0 spiro atoms. The Morgan fingerprint density at radius 1 is 0.247 bits per heavy atom. The Morgan fingerprint density at radius 3 is 0.975 bits per heavy atom. The average Bonchev–Trinajstić information content (AvgIpc) is 3.63. The zero-order valence-electron chi connectivity index (χ0n) is 39.8. The maximum absolute atomic E-state index is 15.5. The molecular weight excluding hydrogens is 1110 g/mol. The van der Waals surface area contributed by atoms with Crippen molar-refractivity contribution in [3.63, 3.8) is 0 Å².